The van der Waals surface area contributed by atoms with Crippen molar-refractivity contribution in [1.82, 2.24) is 19.4 Å². The van der Waals surface area contributed by atoms with E-state index in [1.807, 2.05) is 47.0 Å². The lowest BCUT2D eigenvalue weighted by Crippen LogP contribution is -2.39. The summed E-state index contributed by atoms with van der Waals surface area (Å²) in [5.41, 5.74) is 2.41. The molecule has 3 aromatic rings. The fraction of sp³-hybridized carbons (Fsp3) is 0.333. The number of likely N-dealkylation sites (tertiary alicyclic amines) is 1. The number of imidazole rings is 1. The smallest absolute Gasteiger partial charge is 0.410 e. The number of fused-ring (bicyclic) bond motifs is 1. The number of ether oxygens (including phenoxy) is 1. The van der Waals surface area contributed by atoms with Crippen molar-refractivity contribution >= 4 is 23.0 Å². The second-order valence-electron chi connectivity index (χ2n) is 6.97. The molecule has 1 aliphatic rings. The van der Waals surface area contributed by atoms with Gasteiger partial charge in [0, 0.05) is 32.3 Å². The molecule has 0 aliphatic carbocycles. The molecule has 1 aliphatic heterocycles. The van der Waals surface area contributed by atoms with Gasteiger partial charge in [0.1, 0.15) is 12.1 Å². The second-order valence-corrected chi connectivity index (χ2v) is 6.97. The number of benzene rings is 1. The first kappa shape index (κ1) is 18.2. The Morgan fingerprint density at radius 2 is 1.86 bits per heavy atom. The van der Waals surface area contributed by atoms with Crippen LogP contribution in [0, 0.1) is 0 Å². The first-order valence-electron chi connectivity index (χ1n) is 9.43. The van der Waals surface area contributed by atoms with E-state index in [2.05, 4.69) is 9.97 Å². The number of aromatic nitrogens is 3. The van der Waals surface area contributed by atoms with E-state index in [-0.39, 0.29) is 24.5 Å². The summed E-state index contributed by atoms with van der Waals surface area (Å²) in [6, 6.07) is 13.4. The Balaban J connectivity index is 1.43. The van der Waals surface area contributed by atoms with Crippen LogP contribution in [0.25, 0.3) is 11.2 Å². The van der Waals surface area contributed by atoms with Crippen LogP contribution in [0.2, 0.25) is 0 Å². The van der Waals surface area contributed by atoms with Crippen LogP contribution >= 0.6 is 0 Å². The van der Waals surface area contributed by atoms with Gasteiger partial charge in [0.2, 0.25) is 0 Å². The normalized spacial score (nSPS) is 15.0. The first-order valence-corrected chi connectivity index (χ1v) is 9.43. The van der Waals surface area contributed by atoms with Crippen molar-refractivity contribution in [3.8, 4) is 0 Å². The van der Waals surface area contributed by atoms with Gasteiger partial charge in [-0.25, -0.2) is 14.8 Å². The van der Waals surface area contributed by atoms with Gasteiger partial charge in [0.25, 0.3) is 0 Å². The van der Waals surface area contributed by atoms with Crippen molar-refractivity contribution in [2.24, 2.45) is 0 Å². The van der Waals surface area contributed by atoms with Crippen LogP contribution < -0.4 is 0 Å². The monoisotopic (exact) mass is 378 g/mol. The van der Waals surface area contributed by atoms with Gasteiger partial charge >= 0.3 is 6.09 Å². The zero-order valence-electron chi connectivity index (χ0n) is 15.7. The molecule has 144 valence electrons. The Hall–Kier alpha value is -3.22. The van der Waals surface area contributed by atoms with E-state index in [1.165, 1.54) is 6.92 Å². The lowest BCUT2D eigenvalue weighted by molar-refractivity contribution is 0.0823. The van der Waals surface area contributed by atoms with Crippen LogP contribution in [-0.2, 0) is 11.3 Å². The molecule has 3 heterocycles. The number of amides is 1. The average Bonchev–Trinajstić information content (AvgIpc) is 3.13. The van der Waals surface area contributed by atoms with Gasteiger partial charge in [0.05, 0.1) is 0 Å². The molecule has 1 fully saturated rings. The second kappa shape index (κ2) is 7.80. The predicted octanol–water partition coefficient (Wildman–Crippen LogP) is 3.61. The number of carbonyl (C=O) groups excluding carboxylic acids is 2. The maximum absolute atomic E-state index is 12.4. The predicted molar refractivity (Wildman–Crippen MR) is 104 cm³/mol. The molecule has 0 saturated carbocycles. The van der Waals surface area contributed by atoms with Gasteiger partial charge in [-0.1, -0.05) is 30.3 Å². The van der Waals surface area contributed by atoms with Crippen LogP contribution in [0.15, 0.2) is 48.7 Å². The lowest BCUT2D eigenvalue weighted by Gasteiger charge is -2.32. The molecular weight excluding hydrogens is 356 g/mol. The van der Waals surface area contributed by atoms with Gasteiger partial charge < -0.3 is 14.2 Å². The topological polar surface area (TPSA) is 77.3 Å². The van der Waals surface area contributed by atoms with E-state index in [0.717, 1.165) is 29.6 Å². The van der Waals surface area contributed by atoms with Crippen molar-refractivity contribution in [2.45, 2.75) is 32.4 Å². The highest BCUT2D eigenvalue weighted by Crippen LogP contribution is 2.28. The number of rotatable bonds is 4. The summed E-state index contributed by atoms with van der Waals surface area (Å²) in [6.45, 7) is 2.93. The fourth-order valence-corrected chi connectivity index (χ4v) is 3.64. The van der Waals surface area contributed by atoms with Gasteiger partial charge in [0.15, 0.2) is 17.3 Å². The van der Waals surface area contributed by atoms with E-state index in [4.69, 9.17) is 4.74 Å². The molecule has 0 spiro atoms. The Kier molecular flexibility index (Phi) is 5.06. The van der Waals surface area contributed by atoms with E-state index in [1.54, 1.807) is 11.1 Å². The summed E-state index contributed by atoms with van der Waals surface area (Å²) < 4.78 is 7.36. The van der Waals surface area contributed by atoms with Gasteiger partial charge in [-0.15, -0.1) is 0 Å². The highest BCUT2D eigenvalue weighted by atomic mass is 16.6. The SMILES string of the molecule is CC(=O)c1nc2cccnc2n1C1CCN(C(=O)OCc2ccccc2)CC1. The van der Waals surface area contributed by atoms with Gasteiger partial charge in [-0.2, -0.15) is 0 Å². The minimum atomic E-state index is -0.303. The average molecular weight is 378 g/mol. The number of carbonyl (C=O) groups is 2. The minimum absolute atomic E-state index is 0.0805. The maximum Gasteiger partial charge on any atom is 0.410 e. The molecule has 2 aromatic heterocycles. The van der Waals surface area contributed by atoms with Crippen LogP contribution in [0.3, 0.4) is 0 Å². The highest BCUT2D eigenvalue weighted by molar-refractivity contribution is 5.94. The van der Waals surface area contributed by atoms with E-state index < -0.39 is 0 Å². The molecule has 1 amide bonds. The van der Waals surface area contributed by atoms with Gasteiger partial charge in [-0.3, -0.25) is 4.79 Å². The van der Waals surface area contributed by atoms with E-state index >= 15 is 0 Å². The molecule has 0 radical (unpaired) electrons. The maximum atomic E-state index is 12.4. The van der Waals surface area contributed by atoms with Crippen LogP contribution in [0.1, 0.15) is 42.0 Å². The lowest BCUT2D eigenvalue weighted by atomic mass is 10.0. The summed E-state index contributed by atoms with van der Waals surface area (Å²) in [5, 5.41) is 0. The Labute approximate surface area is 163 Å². The van der Waals surface area contributed by atoms with Crippen LogP contribution in [-0.4, -0.2) is 44.4 Å². The zero-order valence-corrected chi connectivity index (χ0v) is 15.7. The number of piperidine rings is 1. The number of pyridine rings is 1. The molecule has 0 unspecified atom stereocenters. The van der Waals surface area contributed by atoms with Crippen molar-refractivity contribution in [2.75, 3.05) is 13.1 Å². The summed E-state index contributed by atoms with van der Waals surface area (Å²) in [4.78, 5) is 35.0. The molecule has 0 atom stereocenters. The number of hydrogen-bond donors (Lipinski definition) is 0. The van der Waals surface area contributed by atoms with Crippen molar-refractivity contribution in [3.05, 3.63) is 60.0 Å². The Morgan fingerprint density at radius 1 is 1.11 bits per heavy atom. The Bertz CT molecular complexity index is 991. The quantitative estimate of drug-likeness (QED) is 0.648. The number of hydrogen-bond acceptors (Lipinski definition) is 5. The summed E-state index contributed by atoms with van der Waals surface area (Å²) in [7, 11) is 0. The number of nitrogens with zero attached hydrogens (tertiary/aromatic N) is 4. The van der Waals surface area contributed by atoms with Crippen molar-refractivity contribution in [3.63, 3.8) is 0 Å². The summed E-state index contributed by atoms with van der Waals surface area (Å²) in [5.74, 6) is 0.349. The Morgan fingerprint density at radius 3 is 2.57 bits per heavy atom. The molecule has 7 heteroatoms. The standard InChI is InChI=1S/C21H22N4O3/c1-15(26)19-23-18-8-5-11-22-20(18)25(19)17-9-12-24(13-10-17)21(27)28-14-16-6-3-2-4-7-16/h2-8,11,17H,9-10,12-14H2,1H3. The highest BCUT2D eigenvalue weighted by Gasteiger charge is 2.28. The minimum Gasteiger partial charge on any atom is -0.445 e. The zero-order chi connectivity index (χ0) is 19.5. The first-order chi connectivity index (χ1) is 13.6. The third-order valence-corrected chi connectivity index (χ3v) is 5.06. The molecule has 1 saturated heterocycles. The van der Waals surface area contributed by atoms with Crippen LogP contribution in [0.4, 0.5) is 4.79 Å². The molecule has 7 nitrogen and oxygen atoms in total. The summed E-state index contributed by atoms with van der Waals surface area (Å²) >= 11 is 0. The summed E-state index contributed by atoms with van der Waals surface area (Å²) in [6.07, 6.45) is 2.86. The van der Waals surface area contributed by atoms with E-state index in [9.17, 15) is 9.59 Å². The van der Waals surface area contributed by atoms with E-state index in [0.29, 0.717) is 18.9 Å². The van der Waals surface area contributed by atoms with Crippen molar-refractivity contribution in [1.29, 1.82) is 0 Å². The largest absolute Gasteiger partial charge is 0.445 e. The third-order valence-electron chi connectivity index (χ3n) is 5.06. The molecule has 0 bridgehead atoms. The molecule has 4 rings (SSSR count). The molecule has 1 aromatic carbocycles. The number of Topliss-reactive ketones (excluding diaryl/α,β-unsaturated/α-hetero) is 1. The third kappa shape index (κ3) is 3.60. The molecule has 0 N–H and O–H groups in total. The van der Waals surface area contributed by atoms with Gasteiger partial charge in [-0.05, 0) is 30.5 Å². The fourth-order valence-electron chi connectivity index (χ4n) is 3.64. The molecule has 28 heavy (non-hydrogen) atoms. The molecular formula is C21H22N4O3. The van der Waals surface area contributed by atoms with Crippen LogP contribution in [0.5, 0.6) is 0 Å². The van der Waals surface area contributed by atoms with Crippen molar-refractivity contribution < 1.29 is 14.3 Å². The number of ketones is 1.